The summed E-state index contributed by atoms with van der Waals surface area (Å²) in [6.07, 6.45) is 0. The summed E-state index contributed by atoms with van der Waals surface area (Å²) in [5, 5.41) is 7.71. The van der Waals surface area contributed by atoms with Crippen molar-refractivity contribution in [1.29, 1.82) is 0 Å². The van der Waals surface area contributed by atoms with Crippen molar-refractivity contribution in [2.45, 2.75) is 0 Å². The van der Waals surface area contributed by atoms with Crippen molar-refractivity contribution in [2.75, 3.05) is 0 Å². The van der Waals surface area contributed by atoms with Gasteiger partial charge in [-0.05, 0) is 20.7 Å². The molecule has 0 aliphatic heterocycles. The Morgan fingerprint density at radius 3 is 2.20 bits per heavy atom. The van der Waals surface area contributed by atoms with E-state index < -0.39 is 24.7 Å². The Bertz CT molecular complexity index is 58.7. The summed E-state index contributed by atoms with van der Waals surface area (Å²) in [4.78, 5) is 9.35. The van der Waals surface area contributed by atoms with Gasteiger partial charge in [-0.3, -0.25) is 0 Å². The van der Waals surface area contributed by atoms with Crippen LogP contribution in [0.3, 0.4) is 0 Å². The van der Waals surface area contributed by atoms with Gasteiger partial charge < -0.3 is 5.11 Å². The van der Waals surface area contributed by atoms with E-state index >= 15 is 0 Å². The number of hydrogen-bond acceptors (Lipinski definition) is 1. The Morgan fingerprint density at radius 2 is 2.20 bits per heavy atom. The summed E-state index contributed by atoms with van der Waals surface area (Å²) in [6, 6.07) is 0. The van der Waals surface area contributed by atoms with Crippen molar-refractivity contribution in [3.05, 3.63) is 0 Å². The second-order valence-electron chi connectivity index (χ2n) is 0.387. The monoisotopic (exact) mass is 186 g/mol. The molecule has 0 fully saturated rings. The van der Waals surface area contributed by atoms with Crippen LogP contribution in [-0.4, -0.2) is 13.6 Å². The van der Waals surface area contributed by atoms with Crippen LogP contribution >= 0.6 is 20.7 Å². The molecule has 0 bridgehead atoms. The fourth-order valence-corrected chi connectivity index (χ4v) is 0. The van der Waals surface area contributed by atoms with E-state index in [0.717, 1.165) is 0 Å². The summed E-state index contributed by atoms with van der Waals surface area (Å²) < 4.78 is 2.45. The zero-order valence-electron chi connectivity index (χ0n) is 2.44. The molecule has 1 N–H and O–H groups in total. The molecule has 0 rings (SSSR count). The fraction of sp³-hybridized carbons (Fsp3) is 0. The van der Waals surface area contributed by atoms with Gasteiger partial charge in [0.25, 0.3) is 0 Å². The lowest BCUT2D eigenvalue weighted by Crippen LogP contribution is -1.68. The van der Waals surface area contributed by atoms with E-state index in [2.05, 4.69) is 4.51 Å². The molecule has 0 aromatic heterocycles. The Hall–Kier alpha value is 0.0700. The van der Waals surface area contributed by atoms with Crippen molar-refractivity contribution in [3.8, 4) is 0 Å². The first kappa shape index (κ1) is 5.07. The molecule has 0 saturated heterocycles. The van der Waals surface area contributed by atoms with Gasteiger partial charge in [0.1, 0.15) is 0 Å². The van der Waals surface area contributed by atoms with Gasteiger partial charge in [0.2, 0.25) is 0 Å². The van der Waals surface area contributed by atoms with Crippen molar-refractivity contribution in [2.24, 2.45) is 0 Å². The van der Waals surface area contributed by atoms with E-state index in [1.807, 2.05) is 0 Å². The van der Waals surface area contributed by atoms with E-state index in [1.54, 1.807) is 0 Å². The third kappa shape index (κ3) is 4.07. The molecule has 0 amide bonds. The molecule has 0 spiro atoms. The SMILES string of the molecule is C=IC(=O)O. The maximum Gasteiger partial charge on any atom is 0.358 e. The normalized spacial score (nSPS) is 7.20. The predicted molar refractivity (Wildman–Crippen MR) is 29.2 cm³/mol. The van der Waals surface area contributed by atoms with Crippen LogP contribution in [-0.2, 0) is 0 Å². The van der Waals surface area contributed by atoms with E-state index in [0.29, 0.717) is 0 Å². The number of carboxylic acid groups (broad SMARTS) is 1. The van der Waals surface area contributed by atoms with Crippen molar-refractivity contribution in [1.82, 2.24) is 0 Å². The minimum absolute atomic E-state index is 0.746. The van der Waals surface area contributed by atoms with Crippen molar-refractivity contribution >= 4 is 29.2 Å². The topological polar surface area (TPSA) is 37.3 Å². The molecule has 0 aromatic rings. The molecule has 0 aliphatic rings. The van der Waals surface area contributed by atoms with Gasteiger partial charge in [0.15, 0.2) is 0 Å². The highest BCUT2D eigenvalue weighted by molar-refractivity contribution is 14.2. The van der Waals surface area contributed by atoms with Gasteiger partial charge in [-0.25, -0.2) is 4.79 Å². The van der Waals surface area contributed by atoms with Crippen LogP contribution in [0, 0.1) is 0 Å². The number of halogens is 1. The van der Waals surface area contributed by atoms with Gasteiger partial charge in [-0.15, -0.1) is 0 Å². The van der Waals surface area contributed by atoms with Gasteiger partial charge in [0, 0.05) is 0 Å². The third-order valence-electron chi connectivity index (χ3n) is 0.114. The summed E-state index contributed by atoms with van der Waals surface area (Å²) in [7, 11) is 0. The van der Waals surface area contributed by atoms with Crippen LogP contribution in [0.1, 0.15) is 0 Å². The van der Waals surface area contributed by atoms with Crippen LogP contribution in [0.25, 0.3) is 0 Å². The van der Waals surface area contributed by atoms with Crippen LogP contribution in [0.4, 0.5) is 4.79 Å². The van der Waals surface area contributed by atoms with Gasteiger partial charge >= 0.3 is 3.98 Å². The lowest BCUT2D eigenvalue weighted by molar-refractivity contribution is 0.225. The summed E-state index contributed by atoms with van der Waals surface area (Å²) in [6.45, 7) is 0. The molecule has 30 valence electrons. The van der Waals surface area contributed by atoms with E-state index in [-0.39, 0.29) is 0 Å². The fourth-order valence-electron chi connectivity index (χ4n) is 0. The molecular formula is C2H3IO2. The Labute approximate surface area is 39.6 Å². The smallest absolute Gasteiger partial charge is 0.358 e. The standard InChI is InChI=1S/C2H3IO2/c1-3-2(4)5/h1H2,(H,4,5). The predicted octanol–water partition coefficient (Wildman–Crippen LogP) is 1.07. The lowest BCUT2D eigenvalue weighted by atomic mass is 11.7. The number of hydrogen-bond donors (Lipinski definition) is 1. The molecule has 3 heteroatoms. The Balaban J connectivity index is 3.20. The van der Waals surface area contributed by atoms with Crippen LogP contribution in [0.15, 0.2) is 0 Å². The highest BCUT2D eigenvalue weighted by atomic mass is 127. The zero-order valence-corrected chi connectivity index (χ0v) is 4.60. The second-order valence-corrected chi connectivity index (χ2v) is 2.07. The first-order valence-electron chi connectivity index (χ1n) is 0.884. The molecule has 2 nitrogen and oxygen atoms in total. The molecule has 0 heterocycles. The third-order valence-corrected chi connectivity index (χ3v) is 0.767. The molecule has 0 aromatic carbocycles. The number of rotatable bonds is 1. The summed E-state index contributed by atoms with van der Waals surface area (Å²) >= 11 is -0.786. The van der Waals surface area contributed by atoms with Crippen molar-refractivity contribution < 1.29 is 9.90 Å². The van der Waals surface area contributed by atoms with E-state index in [1.165, 1.54) is 0 Å². The minimum atomic E-state index is -0.786. The maximum absolute atomic E-state index is 9.35. The van der Waals surface area contributed by atoms with E-state index in [9.17, 15) is 4.79 Å². The van der Waals surface area contributed by atoms with Crippen LogP contribution < -0.4 is 0 Å². The molecule has 0 radical (unpaired) electrons. The summed E-state index contributed by atoms with van der Waals surface area (Å²) in [5.74, 6) is 0. The first-order chi connectivity index (χ1) is 2.27. The van der Waals surface area contributed by atoms with Gasteiger partial charge in [-0.2, -0.15) is 0 Å². The molecular weight excluding hydrogens is 183 g/mol. The molecule has 0 unspecified atom stereocenters. The van der Waals surface area contributed by atoms with Crippen LogP contribution in [0.2, 0.25) is 0 Å². The highest BCUT2D eigenvalue weighted by Crippen LogP contribution is 1.87. The van der Waals surface area contributed by atoms with Gasteiger partial charge in [0.05, 0.1) is 0 Å². The minimum Gasteiger partial charge on any atom is -0.474 e. The van der Waals surface area contributed by atoms with Gasteiger partial charge in [-0.1, -0.05) is 4.51 Å². The zero-order chi connectivity index (χ0) is 4.28. The Morgan fingerprint density at radius 1 is 2.00 bits per heavy atom. The summed E-state index contributed by atoms with van der Waals surface area (Å²) in [5.41, 5.74) is 0. The lowest BCUT2D eigenvalue weighted by Gasteiger charge is -1.63. The molecule has 0 saturated carbocycles. The molecule has 0 atom stereocenters. The largest absolute Gasteiger partial charge is 0.474 e. The van der Waals surface area contributed by atoms with Crippen LogP contribution in [0.5, 0.6) is 0 Å². The second kappa shape index (κ2) is 2.32. The molecule has 5 heavy (non-hydrogen) atoms. The average Bonchev–Trinajstić information content (AvgIpc) is 1.38. The highest BCUT2D eigenvalue weighted by Gasteiger charge is 1.74. The van der Waals surface area contributed by atoms with Crippen molar-refractivity contribution in [3.63, 3.8) is 0 Å². The quantitative estimate of drug-likeness (QED) is 0.491. The Kier molecular flexibility index (Phi) is 2.35. The molecule has 0 aliphatic carbocycles. The average molecular weight is 186 g/mol. The first-order valence-corrected chi connectivity index (χ1v) is 3.49. The number of carbonyl (C=O) groups is 1. The van der Waals surface area contributed by atoms with E-state index in [4.69, 9.17) is 5.11 Å². The maximum atomic E-state index is 9.35.